The number of halogens is 1. The first-order chi connectivity index (χ1) is 8.40. The molecule has 0 heterocycles. The number of amides is 2. The molecule has 1 aromatic rings. The van der Waals surface area contributed by atoms with E-state index in [9.17, 15) is 9.18 Å². The van der Waals surface area contributed by atoms with Gasteiger partial charge in [0.25, 0.3) is 0 Å². The van der Waals surface area contributed by atoms with E-state index in [1.165, 1.54) is 12.1 Å². The van der Waals surface area contributed by atoms with Gasteiger partial charge in [0.15, 0.2) is 0 Å². The van der Waals surface area contributed by atoms with Crippen molar-refractivity contribution in [3.8, 4) is 0 Å². The molecule has 0 aliphatic rings. The molecule has 1 N–H and O–H groups in total. The highest BCUT2D eigenvalue weighted by molar-refractivity contribution is 5.75. The number of carbonyl (C=O) groups is 1. The molecule has 0 fully saturated rings. The van der Waals surface area contributed by atoms with E-state index in [1.54, 1.807) is 17.0 Å². The van der Waals surface area contributed by atoms with Crippen molar-refractivity contribution in [2.75, 3.05) is 13.1 Å². The average Bonchev–Trinajstić information content (AvgIpc) is 2.30. The lowest BCUT2D eigenvalue weighted by molar-refractivity contribution is 0.192. The second kappa shape index (κ2) is 5.85. The predicted molar refractivity (Wildman–Crippen MR) is 70.9 cm³/mol. The van der Waals surface area contributed by atoms with Gasteiger partial charge in [-0.15, -0.1) is 0 Å². The van der Waals surface area contributed by atoms with Crippen LogP contribution in [-0.2, 0) is 5.54 Å². The quantitative estimate of drug-likeness (QED) is 0.877. The molecule has 0 atom stereocenters. The molecule has 1 aromatic carbocycles. The van der Waals surface area contributed by atoms with Crippen molar-refractivity contribution in [2.24, 2.45) is 0 Å². The van der Waals surface area contributed by atoms with Crippen LogP contribution < -0.4 is 5.32 Å². The van der Waals surface area contributed by atoms with E-state index in [4.69, 9.17) is 0 Å². The number of hydrogen-bond donors (Lipinski definition) is 1. The third kappa shape index (κ3) is 3.45. The second-order valence-electron chi connectivity index (χ2n) is 4.73. The molecule has 0 aliphatic heterocycles. The van der Waals surface area contributed by atoms with Gasteiger partial charge < -0.3 is 10.2 Å². The number of rotatable bonds is 4. The van der Waals surface area contributed by atoms with Gasteiger partial charge in [0.1, 0.15) is 5.82 Å². The zero-order valence-electron chi connectivity index (χ0n) is 11.5. The first-order valence-electron chi connectivity index (χ1n) is 6.23. The van der Waals surface area contributed by atoms with Gasteiger partial charge >= 0.3 is 6.03 Å². The number of nitrogens with one attached hydrogen (secondary N) is 1. The maximum atomic E-state index is 12.9. The fourth-order valence-corrected chi connectivity index (χ4v) is 1.80. The van der Waals surface area contributed by atoms with Gasteiger partial charge in [-0.3, -0.25) is 0 Å². The molecule has 0 aliphatic carbocycles. The minimum absolute atomic E-state index is 0.102. The summed E-state index contributed by atoms with van der Waals surface area (Å²) in [6, 6.07) is 6.09. The maximum absolute atomic E-state index is 12.9. The SMILES string of the molecule is CCN(CC)C(=O)NC(C)(C)c1ccc(F)cc1. The van der Waals surface area contributed by atoms with Crippen LogP contribution in [0.1, 0.15) is 33.3 Å². The normalized spacial score (nSPS) is 11.2. The topological polar surface area (TPSA) is 32.3 Å². The zero-order chi connectivity index (χ0) is 13.8. The summed E-state index contributed by atoms with van der Waals surface area (Å²) in [6.45, 7) is 9.02. The lowest BCUT2D eigenvalue weighted by atomic mass is 9.94. The molecule has 100 valence electrons. The van der Waals surface area contributed by atoms with Crippen LogP contribution in [0.15, 0.2) is 24.3 Å². The summed E-state index contributed by atoms with van der Waals surface area (Å²) >= 11 is 0. The summed E-state index contributed by atoms with van der Waals surface area (Å²) in [5.41, 5.74) is 0.359. The number of benzene rings is 1. The lowest BCUT2D eigenvalue weighted by Crippen LogP contribution is -2.48. The number of urea groups is 1. The summed E-state index contributed by atoms with van der Waals surface area (Å²) in [5, 5.41) is 2.96. The van der Waals surface area contributed by atoms with Crippen molar-refractivity contribution in [3.63, 3.8) is 0 Å². The van der Waals surface area contributed by atoms with Crippen LogP contribution in [0.4, 0.5) is 9.18 Å². The van der Waals surface area contributed by atoms with Crippen LogP contribution in [0.5, 0.6) is 0 Å². The molecule has 0 aromatic heterocycles. The highest BCUT2D eigenvalue weighted by atomic mass is 19.1. The Kier molecular flexibility index (Phi) is 4.70. The van der Waals surface area contributed by atoms with Crippen LogP contribution in [0, 0.1) is 5.82 Å². The molecule has 18 heavy (non-hydrogen) atoms. The van der Waals surface area contributed by atoms with E-state index < -0.39 is 5.54 Å². The monoisotopic (exact) mass is 252 g/mol. The van der Waals surface area contributed by atoms with Crippen molar-refractivity contribution in [1.82, 2.24) is 10.2 Å². The van der Waals surface area contributed by atoms with E-state index in [0.717, 1.165) is 5.56 Å². The third-order valence-electron chi connectivity index (χ3n) is 3.04. The summed E-state index contributed by atoms with van der Waals surface area (Å²) in [7, 11) is 0. The van der Waals surface area contributed by atoms with Gasteiger partial charge in [0.05, 0.1) is 5.54 Å². The largest absolute Gasteiger partial charge is 0.329 e. The van der Waals surface area contributed by atoms with Gasteiger partial charge in [-0.1, -0.05) is 12.1 Å². The Morgan fingerprint density at radius 1 is 1.22 bits per heavy atom. The smallest absolute Gasteiger partial charge is 0.318 e. The molecule has 4 heteroatoms. The molecule has 0 radical (unpaired) electrons. The standard InChI is InChI=1S/C14H21FN2O/c1-5-17(6-2)13(18)16-14(3,4)11-7-9-12(15)10-8-11/h7-10H,5-6H2,1-4H3,(H,16,18). The molecule has 0 spiro atoms. The van der Waals surface area contributed by atoms with Crippen molar-refractivity contribution < 1.29 is 9.18 Å². The first kappa shape index (κ1) is 14.5. The van der Waals surface area contributed by atoms with Gasteiger partial charge in [0, 0.05) is 13.1 Å². The number of carbonyl (C=O) groups excluding carboxylic acids is 1. The van der Waals surface area contributed by atoms with Crippen LogP contribution in [0.2, 0.25) is 0 Å². The maximum Gasteiger partial charge on any atom is 0.318 e. The minimum Gasteiger partial charge on any atom is -0.329 e. The summed E-state index contributed by atoms with van der Waals surface area (Å²) in [4.78, 5) is 13.7. The molecule has 2 amide bonds. The van der Waals surface area contributed by atoms with Crippen LogP contribution in [-0.4, -0.2) is 24.0 Å². The van der Waals surface area contributed by atoms with E-state index in [1.807, 2.05) is 27.7 Å². The van der Waals surface area contributed by atoms with Gasteiger partial charge in [0.2, 0.25) is 0 Å². The van der Waals surface area contributed by atoms with Crippen LogP contribution in [0.3, 0.4) is 0 Å². The van der Waals surface area contributed by atoms with Crippen molar-refractivity contribution >= 4 is 6.03 Å². The van der Waals surface area contributed by atoms with Crippen LogP contribution in [0.25, 0.3) is 0 Å². The number of nitrogens with zero attached hydrogens (tertiary/aromatic N) is 1. The molecule has 1 rings (SSSR count). The Labute approximate surface area is 108 Å². The highest BCUT2D eigenvalue weighted by Crippen LogP contribution is 2.20. The molecule has 0 bridgehead atoms. The van der Waals surface area contributed by atoms with Crippen molar-refractivity contribution in [2.45, 2.75) is 33.2 Å². The van der Waals surface area contributed by atoms with E-state index in [0.29, 0.717) is 13.1 Å². The van der Waals surface area contributed by atoms with Crippen molar-refractivity contribution in [1.29, 1.82) is 0 Å². The molecule has 0 unspecified atom stereocenters. The summed E-state index contributed by atoms with van der Waals surface area (Å²) in [6.07, 6.45) is 0. The Bertz CT molecular complexity index is 397. The fraction of sp³-hybridized carbons (Fsp3) is 0.500. The average molecular weight is 252 g/mol. The van der Waals surface area contributed by atoms with Gasteiger partial charge in [-0.25, -0.2) is 9.18 Å². The predicted octanol–water partition coefficient (Wildman–Crippen LogP) is 3.11. The molecular weight excluding hydrogens is 231 g/mol. The lowest BCUT2D eigenvalue weighted by Gasteiger charge is -2.30. The Balaban J connectivity index is 2.81. The summed E-state index contributed by atoms with van der Waals surface area (Å²) in [5.74, 6) is -0.274. The molecule has 3 nitrogen and oxygen atoms in total. The molecular formula is C14H21FN2O. The highest BCUT2D eigenvalue weighted by Gasteiger charge is 2.24. The number of hydrogen-bond acceptors (Lipinski definition) is 1. The molecule has 0 saturated heterocycles. The summed E-state index contributed by atoms with van der Waals surface area (Å²) < 4.78 is 12.9. The Hall–Kier alpha value is -1.58. The minimum atomic E-state index is -0.520. The first-order valence-corrected chi connectivity index (χ1v) is 6.23. The fourth-order valence-electron chi connectivity index (χ4n) is 1.80. The van der Waals surface area contributed by atoms with Gasteiger partial charge in [-0.05, 0) is 45.4 Å². The van der Waals surface area contributed by atoms with Gasteiger partial charge in [-0.2, -0.15) is 0 Å². The van der Waals surface area contributed by atoms with E-state index >= 15 is 0 Å². The Morgan fingerprint density at radius 3 is 2.17 bits per heavy atom. The second-order valence-corrected chi connectivity index (χ2v) is 4.73. The van der Waals surface area contributed by atoms with E-state index in [-0.39, 0.29) is 11.8 Å². The third-order valence-corrected chi connectivity index (χ3v) is 3.04. The van der Waals surface area contributed by atoms with Crippen molar-refractivity contribution in [3.05, 3.63) is 35.6 Å². The molecule has 0 saturated carbocycles. The van der Waals surface area contributed by atoms with Crippen LogP contribution >= 0.6 is 0 Å². The Morgan fingerprint density at radius 2 is 1.72 bits per heavy atom. The zero-order valence-corrected chi connectivity index (χ0v) is 11.5. The van der Waals surface area contributed by atoms with E-state index in [2.05, 4.69) is 5.32 Å².